The summed E-state index contributed by atoms with van der Waals surface area (Å²) in [5.74, 6) is 0.957. The molecule has 30 heavy (non-hydrogen) atoms. The van der Waals surface area contributed by atoms with Gasteiger partial charge in [0.25, 0.3) is 5.09 Å². The molecule has 1 N–H and O–H groups in total. The Bertz CT molecular complexity index is 1350. The number of imidazole rings is 1. The highest BCUT2D eigenvalue weighted by molar-refractivity contribution is 7.85. The number of aryl methyl sites for hydroxylation is 4. The molecule has 0 aliphatic heterocycles. The molecule has 0 amide bonds. The average Bonchev–Trinajstić information content (AvgIpc) is 3.23. The lowest BCUT2D eigenvalue weighted by Crippen LogP contribution is -2.05. The lowest BCUT2D eigenvalue weighted by Gasteiger charge is -2.09. The molecule has 0 unspecified atom stereocenters. The van der Waals surface area contributed by atoms with Crippen molar-refractivity contribution in [3.8, 4) is 11.1 Å². The smallest absolute Gasteiger partial charge is 0.331 e. The van der Waals surface area contributed by atoms with Crippen LogP contribution in [0.4, 0.5) is 0 Å². The fraction of sp³-hybridized carbons (Fsp3) is 0.286. The third kappa shape index (κ3) is 3.50. The number of aromatic nitrogens is 4. The maximum absolute atomic E-state index is 11.6. The number of rotatable bonds is 5. The van der Waals surface area contributed by atoms with Crippen molar-refractivity contribution in [3.05, 3.63) is 58.7 Å². The SMILES string of the molecule is CCc1nc2c(C)cc(C)nc2n1Cc1ccc(-c2c(C)noc2S(=O)(=O)O)cc1. The Balaban J connectivity index is 1.73. The van der Waals surface area contributed by atoms with Crippen LogP contribution in [0.2, 0.25) is 0 Å². The first kappa shape index (κ1) is 20.2. The van der Waals surface area contributed by atoms with Crippen LogP contribution in [-0.4, -0.2) is 32.7 Å². The second-order valence-corrected chi connectivity index (χ2v) is 8.64. The summed E-state index contributed by atoms with van der Waals surface area (Å²) in [6.45, 7) is 8.29. The molecule has 0 fully saturated rings. The maximum atomic E-state index is 11.6. The maximum Gasteiger partial charge on any atom is 0.331 e. The van der Waals surface area contributed by atoms with E-state index in [0.717, 1.165) is 40.2 Å². The van der Waals surface area contributed by atoms with E-state index >= 15 is 0 Å². The number of fused-ring (bicyclic) bond motifs is 1. The van der Waals surface area contributed by atoms with Crippen molar-refractivity contribution in [1.29, 1.82) is 0 Å². The summed E-state index contributed by atoms with van der Waals surface area (Å²) in [6, 6.07) is 9.42. The quantitative estimate of drug-likeness (QED) is 0.482. The number of pyridine rings is 1. The van der Waals surface area contributed by atoms with Crippen molar-refractivity contribution in [1.82, 2.24) is 19.7 Å². The van der Waals surface area contributed by atoms with Gasteiger partial charge in [-0.25, -0.2) is 9.97 Å². The fourth-order valence-corrected chi connectivity index (χ4v) is 4.35. The van der Waals surface area contributed by atoms with Gasteiger partial charge in [-0.1, -0.05) is 36.3 Å². The third-order valence-corrected chi connectivity index (χ3v) is 5.81. The molecular weight excluding hydrogens is 404 g/mol. The molecule has 0 atom stereocenters. The van der Waals surface area contributed by atoms with Gasteiger partial charge in [-0.15, -0.1) is 0 Å². The molecule has 0 spiro atoms. The van der Waals surface area contributed by atoms with Gasteiger partial charge in [0, 0.05) is 12.1 Å². The van der Waals surface area contributed by atoms with E-state index in [-0.39, 0.29) is 5.56 Å². The van der Waals surface area contributed by atoms with Gasteiger partial charge in [-0.2, -0.15) is 8.42 Å². The highest BCUT2D eigenvalue weighted by Crippen LogP contribution is 2.31. The minimum Gasteiger partial charge on any atom is -0.341 e. The number of benzene rings is 1. The molecule has 3 aromatic heterocycles. The molecule has 4 aromatic rings. The molecule has 4 rings (SSSR count). The first-order valence-corrected chi connectivity index (χ1v) is 11.0. The van der Waals surface area contributed by atoms with E-state index in [2.05, 4.69) is 16.6 Å². The summed E-state index contributed by atoms with van der Waals surface area (Å²) >= 11 is 0. The summed E-state index contributed by atoms with van der Waals surface area (Å²) in [5.41, 5.74) is 6.07. The first-order chi connectivity index (χ1) is 14.2. The van der Waals surface area contributed by atoms with E-state index in [0.29, 0.717) is 17.8 Å². The summed E-state index contributed by atoms with van der Waals surface area (Å²) in [6.07, 6.45) is 0.782. The molecule has 0 radical (unpaired) electrons. The zero-order chi connectivity index (χ0) is 21.6. The fourth-order valence-electron chi connectivity index (χ4n) is 3.70. The van der Waals surface area contributed by atoms with Gasteiger partial charge >= 0.3 is 10.1 Å². The number of hydrogen-bond donors (Lipinski definition) is 1. The van der Waals surface area contributed by atoms with Crippen molar-refractivity contribution in [2.24, 2.45) is 0 Å². The largest absolute Gasteiger partial charge is 0.341 e. The van der Waals surface area contributed by atoms with Gasteiger partial charge in [-0.05, 0) is 43.5 Å². The van der Waals surface area contributed by atoms with Gasteiger partial charge in [0.15, 0.2) is 5.65 Å². The van der Waals surface area contributed by atoms with Crippen LogP contribution in [0.5, 0.6) is 0 Å². The Morgan fingerprint density at radius 1 is 1.10 bits per heavy atom. The Labute approximate surface area is 174 Å². The summed E-state index contributed by atoms with van der Waals surface area (Å²) < 4.78 is 39.5. The van der Waals surface area contributed by atoms with Gasteiger partial charge in [0.05, 0.1) is 17.8 Å². The van der Waals surface area contributed by atoms with Crippen LogP contribution in [0.1, 0.15) is 35.3 Å². The van der Waals surface area contributed by atoms with Gasteiger partial charge in [0.2, 0.25) is 0 Å². The van der Waals surface area contributed by atoms with Crippen molar-refractivity contribution in [2.75, 3.05) is 0 Å². The molecule has 156 valence electrons. The molecule has 0 saturated heterocycles. The van der Waals surface area contributed by atoms with E-state index in [9.17, 15) is 13.0 Å². The molecule has 0 saturated carbocycles. The summed E-state index contributed by atoms with van der Waals surface area (Å²) in [5, 5.41) is 3.14. The lowest BCUT2D eigenvalue weighted by atomic mass is 10.0. The third-order valence-electron chi connectivity index (χ3n) is 5.07. The van der Waals surface area contributed by atoms with Gasteiger partial charge in [-0.3, -0.25) is 4.55 Å². The van der Waals surface area contributed by atoms with E-state index in [1.807, 2.05) is 32.0 Å². The molecule has 0 aliphatic rings. The molecular formula is C21H22N4O4S. The monoisotopic (exact) mass is 426 g/mol. The number of hydrogen-bond acceptors (Lipinski definition) is 6. The minimum atomic E-state index is -4.50. The van der Waals surface area contributed by atoms with Crippen molar-refractivity contribution >= 4 is 21.3 Å². The van der Waals surface area contributed by atoms with Crippen molar-refractivity contribution in [2.45, 2.75) is 45.8 Å². The predicted octanol–water partition coefficient (Wildman–Crippen LogP) is 3.87. The van der Waals surface area contributed by atoms with Crippen molar-refractivity contribution in [3.63, 3.8) is 0 Å². The van der Waals surface area contributed by atoms with E-state index in [1.165, 1.54) is 0 Å². The van der Waals surface area contributed by atoms with Crippen LogP contribution in [-0.2, 0) is 23.1 Å². The Kier molecular flexibility index (Phi) is 4.95. The topological polar surface area (TPSA) is 111 Å². The number of nitrogens with zero attached hydrogens (tertiary/aromatic N) is 4. The van der Waals surface area contributed by atoms with Crippen LogP contribution in [0.25, 0.3) is 22.3 Å². The van der Waals surface area contributed by atoms with E-state index in [1.54, 1.807) is 19.1 Å². The zero-order valence-corrected chi connectivity index (χ0v) is 18.0. The summed E-state index contributed by atoms with van der Waals surface area (Å²) in [4.78, 5) is 9.46. The minimum absolute atomic E-state index is 0.263. The van der Waals surface area contributed by atoms with E-state index in [4.69, 9.17) is 14.5 Å². The average molecular weight is 426 g/mol. The summed E-state index contributed by atoms with van der Waals surface area (Å²) in [7, 11) is -4.50. The highest BCUT2D eigenvalue weighted by atomic mass is 32.2. The first-order valence-electron chi connectivity index (χ1n) is 9.55. The van der Waals surface area contributed by atoms with Gasteiger partial charge in [0.1, 0.15) is 11.3 Å². The molecule has 8 nitrogen and oxygen atoms in total. The van der Waals surface area contributed by atoms with Gasteiger partial charge < -0.3 is 9.09 Å². The lowest BCUT2D eigenvalue weighted by molar-refractivity contribution is 0.323. The molecule has 9 heteroatoms. The second-order valence-electron chi connectivity index (χ2n) is 7.32. The molecule has 0 aliphatic carbocycles. The zero-order valence-electron chi connectivity index (χ0n) is 17.2. The Morgan fingerprint density at radius 3 is 2.43 bits per heavy atom. The van der Waals surface area contributed by atoms with Crippen LogP contribution in [0.3, 0.4) is 0 Å². The van der Waals surface area contributed by atoms with Crippen LogP contribution < -0.4 is 0 Å². The van der Waals surface area contributed by atoms with Crippen molar-refractivity contribution < 1.29 is 17.5 Å². The van der Waals surface area contributed by atoms with Crippen LogP contribution in [0, 0.1) is 20.8 Å². The highest BCUT2D eigenvalue weighted by Gasteiger charge is 2.25. The van der Waals surface area contributed by atoms with E-state index < -0.39 is 15.2 Å². The predicted molar refractivity (Wildman–Crippen MR) is 112 cm³/mol. The molecule has 3 heterocycles. The standard InChI is InChI=1S/C21H22N4O4S/c1-5-17-23-19-12(2)10-13(3)22-20(19)25(17)11-15-6-8-16(9-7-15)18-14(4)24-29-21(18)30(26,27)28/h6-10H,5,11H2,1-4H3,(H,26,27,28). The Morgan fingerprint density at radius 2 is 1.80 bits per heavy atom. The Hall–Kier alpha value is -3.04. The second kappa shape index (κ2) is 7.33. The normalized spacial score (nSPS) is 12.0. The van der Waals surface area contributed by atoms with Crippen LogP contribution >= 0.6 is 0 Å². The van der Waals surface area contributed by atoms with Crippen LogP contribution in [0.15, 0.2) is 39.9 Å². The molecule has 0 bridgehead atoms. The molecule has 1 aromatic carbocycles.